The van der Waals surface area contributed by atoms with Crippen LogP contribution < -0.4 is 5.32 Å². The molecule has 0 unspecified atom stereocenters. The van der Waals surface area contributed by atoms with Gasteiger partial charge in [-0.2, -0.15) is 0 Å². The summed E-state index contributed by atoms with van der Waals surface area (Å²) in [7, 11) is 0. The van der Waals surface area contributed by atoms with Crippen LogP contribution in [-0.2, 0) is 27.5 Å². The summed E-state index contributed by atoms with van der Waals surface area (Å²) >= 11 is 0. The van der Waals surface area contributed by atoms with Crippen LogP contribution >= 0.6 is 0 Å². The van der Waals surface area contributed by atoms with Crippen LogP contribution in [0.4, 0.5) is 0 Å². The lowest BCUT2D eigenvalue weighted by molar-refractivity contribution is -0.137. The van der Waals surface area contributed by atoms with Crippen LogP contribution in [0.25, 0.3) is 0 Å². The van der Waals surface area contributed by atoms with Gasteiger partial charge in [0.15, 0.2) is 0 Å². The number of carbonyl (C=O) groups excluding carboxylic acids is 3. The van der Waals surface area contributed by atoms with Gasteiger partial charge in [-0.1, -0.05) is 0 Å². The Kier molecular flexibility index (Phi) is 5.07. The Morgan fingerprint density at radius 1 is 1.30 bits per heavy atom. The van der Waals surface area contributed by atoms with Crippen LogP contribution in [0.1, 0.15) is 23.2 Å². The molecule has 8 nitrogen and oxygen atoms in total. The lowest BCUT2D eigenvalue weighted by Crippen LogP contribution is -2.34. The van der Waals surface area contributed by atoms with Crippen molar-refractivity contribution in [3.05, 3.63) is 35.2 Å². The van der Waals surface area contributed by atoms with E-state index in [0.29, 0.717) is 16.8 Å². The monoisotopic (exact) mass is 319 g/mol. The predicted molar refractivity (Wildman–Crippen MR) is 78.9 cm³/mol. The first kappa shape index (κ1) is 16.6. The van der Waals surface area contributed by atoms with Crippen molar-refractivity contribution in [3.8, 4) is 5.75 Å². The summed E-state index contributed by atoms with van der Waals surface area (Å²) < 4.78 is 0. The molecular formula is C15H17N3O5. The molecule has 0 spiro atoms. The van der Waals surface area contributed by atoms with Crippen molar-refractivity contribution in [2.24, 2.45) is 0 Å². The third kappa shape index (κ3) is 3.72. The molecule has 2 rings (SSSR count). The first-order valence-electron chi connectivity index (χ1n) is 7.01. The van der Waals surface area contributed by atoms with Crippen LogP contribution in [0.2, 0.25) is 0 Å². The van der Waals surface area contributed by atoms with Gasteiger partial charge < -0.3 is 15.5 Å². The Bertz CT molecular complexity index is 666. The number of nitrogens with zero attached hydrogens (tertiary/aromatic N) is 2. The molecule has 0 saturated carbocycles. The van der Waals surface area contributed by atoms with Crippen LogP contribution in [0.3, 0.4) is 0 Å². The predicted octanol–water partition coefficient (Wildman–Crippen LogP) is -0.481. The topological polar surface area (TPSA) is 120 Å². The number of amides is 3. The molecule has 0 bridgehead atoms. The molecule has 23 heavy (non-hydrogen) atoms. The van der Waals surface area contributed by atoms with E-state index >= 15 is 0 Å². The van der Waals surface area contributed by atoms with E-state index in [0.717, 1.165) is 17.1 Å². The first-order valence-corrected chi connectivity index (χ1v) is 7.01. The molecule has 1 aliphatic rings. The highest BCUT2D eigenvalue weighted by Gasteiger charge is 2.23. The maximum absolute atomic E-state index is 11.8. The van der Waals surface area contributed by atoms with Crippen molar-refractivity contribution < 1.29 is 24.6 Å². The molecule has 1 aromatic heterocycles. The molecule has 0 atom stereocenters. The van der Waals surface area contributed by atoms with Crippen molar-refractivity contribution in [2.75, 3.05) is 6.54 Å². The van der Waals surface area contributed by atoms with Crippen molar-refractivity contribution in [1.82, 2.24) is 15.2 Å². The number of nitrogens with one attached hydrogen (secondary N) is 1. The number of hydrogen-bond acceptors (Lipinski definition) is 6. The second-order valence-corrected chi connectivity index (χ2v) is 5.04. The Balaban J connectivity index is 1.91. The zero-order valence-corrected chi connectivity index (χ0v) is 12.6. The number of aliphatic hydroxyl groups is 1. The molecule has 3 N–H and O–H groups in total. The summed E-state index contributed by atoms with van der Waals surface area (Å²) in [6, 6.07) is 0. The lowest BCUT2D eigenvalue weighted by Gasteiger charge is -2.15. The van der Waals surface area contributed by atoms with E-state index in [1.165, 1.54) is 6.20 Å². The van der Waals surface area contributed by atoms with E-state index in [1.54, 1.807) is 6.92 Å². The molecule has 8 heteroatoms. The zero-order valence-electron chi connectivity index (χ0n) is 12.6. The normalized spacial score (nSPS) is 13.7. The van der Waals surface area contributed by atoms with Gasteiger partial charge in [-0.05, 0) is 6.92 Å². The maximum Gasteiger partial charge on any atom is 0.253 e. The van der Waals surface area contributed by atoms with E-state index in [2.05, 4.69) is 10.3 Å². The average molecular weight is 319 g/mol. The molecular weight excluding hydrogens is 302 g/mol. The van der Waals surface area contributed by atoms with Crippen molar-refractivity contribution >= 4 is 17.7 Å². The number of hydrogen-bond donors (Lipinski definition) is 3. The van der Waals surface area contributed by atoms with E-state index in [4.69, 9.17) is 0 Å². The van der Waals surface area contributed by atoms with Crippen LogP contribution in [0.15, 0.2) is 18.3 Å². The van der Waals surface area contributed by atoms with E-state index < -0.39 is 11.8 Å². The number of aromatic nitrogens is 1. The molecule has 1 aliphatic heterocycles. The number of pyridine rings is 1. The molecule has 0 aliphatic carbocycles. The van der Waals surface area contributed by atoms with E-state index in [1.807, 2.05) is 0 Å². The highest BCUT2D eigenvalue weighted by molar-refractivity contribution is 6.13. The minimum Gasteiger partial charge on any atom is -0.506 e. The van der Waals surface area contributed by atoms with Crippen molar-refractivity contribution in [1.29, 1.82) is 0 Å². The Morgan fingerprint density at radius 2 is 1.96 bits per heavy atom. The third-order valence-electron chi connectivity index (χ3n) is 3.53. The lowest BCUT2D eigenvalue weighted by atomic mass is 10.1. The molecule has 3 amide bonds. The molecule has 2 heterocycles. The smallest absolute Gasteiger partial charge is 0.253 e. The summed E-state index contributed by atoms with van der Waals surface area (Å²) in [5.74, 6) is -1.33. The van der Waals surface area contributed by atoms with Gasteiger partial charge in [0.25, 0.3) is 11.8 Å². The SMILES string of the molecule is Cc1ncc(CO)c(CNC(=O)CCN2C(=O)C=CC2=O)c1O. The zero-order chi connectivity index (χ0) is 17.0. The van der Waals surface area contributed by atoms with Crippen molar-refractivity contribution in [2.45, 2.75) is 26.5 Å². The Hall–Kier alpha value is -2.74. The number of rotatable bonds is 6. The van der Waals surface area contributed by atoms with E-state index in [-0.39, 0.29) is 37.8 Å². The highest BCUT2D eigenvalue weighted by atomic mass is 16.3. The second-order valence-electron chi connectivity index (χ2n) is 5.04. The summed E-state index contributed by atoms with van der Waals surface area (Å²) in [4.78, 5) is 39.5. The largest absolute Gasteiger partial charge is 0.506 e. The van der Waals surface area contributed by atoms with Crippen LogP contribution in [-0.4, -0.2) is 44.4 Å². The van der Waals surface area contributed by atoms with Crippen LogP contribution in [0, 0.1) is 6.92 Å². The van der Waals surface area contributed by atoms with Crippen LogP contribution in [0.5, 0.6) is 5.75 Å². The number of aromatic hydroxyl groups is 1. The minimum absolute atomic E-state index is 0.00921. The fourth-order valence-corrected chi connectivity index (χ4v) is 2.16. The Morgan fingerprint density at radius 3 is 2.57 bits per heavy atom. The molecule has 0 radical (unpaired) electrons. The molecule has 122 valence electrons. The summed E-state index contributed by atoms with van der Waals surface area (Å²) in [5.41, 5.74) is 1.21. The summed E-state index contributed by atoms with van der Waals surface area (Å²) in [5, 5.41) is 21.8. The standard InChI is InChI=1S/C15H17N3O5/c1-9-15(23)11(10(8-19)6-16-9)7-17-12(20)4-5-18-13(21)2-3-14(18)22/h2-3,6,19,23H,4-5,7-8H2,1H3,(H,17,20). The van der Waals surface area contributed by atoms with Gasteiger partial charge in [0.2, 0.25) is 5.91 Å². The Labute approximate surface area is 132 Å². The molecule has 0 fully saturated rings. The summed E-state index contributed by atoms with van der Waals surface area (Å²) in [6.45, 7) is 1.31. The quantitative estimate of drug-likeness (QED) is 0.609. The van der Waals surface area contributed by atoms with Gasteiger partial charge in [-0.25, -0.2) is 0 Å². The number of aryl methyl sites for hydroxylation is 1. The molecule has 1 aromatic rings. The van der Waals surface area contributed by atoms with E-state index in [9.17, 15) is 24.6 Å². The first-order chi connectivity index (χ1) is 10.9. The highest BCUT2D eigenvalue weighted by Crippen LogP contribution is 2.23. The van der Waals surface area contributed by atoms with Gasteiger partial charge in [-0.15, -0.1) is 0 Å². The fraction of sp³-hybridized carbons (Fsp3) is 0.333. The number of imide groups is 1. The summed E-state index contributed by atoms with van der Waals surface area (Å²) in [6.07, 6.45) is 3.71. The number of aliphatic hydroxyl groups excluding tert-OH is 1. The van der Waals surface area contributed by atoms with Gasteiger partial charge in [0.1, 0.15) is 5.75 Å². The van der Waals surface area contributed by atoms with Gasteiger partial charge in [0.05, 0.1) is 12.3 Å². The number of carbonyl (C=O) groups is 3. The van der Waals surface area contributed by atoms with Gasteiger partial charge in [-0.3, -0.25) is 24.3 Å². The van der Waals surface area contributed by atoms with Crippen molar-refractivity contribution in [3.63, 3.8) is 0 Å². The average Bonchev–Trinajstić information content (AvgIpc) is 2.85. The van der Waals surface area contributed by atoms with Gasteiger partial charge >= 0.3 is 0 Å². The third-order valence-corrected chi connectivity index (χ3v) is 3.53. The second kappa shape index (κ2) is 7.01. The molecule has 0 saturated heterocycles. The van der Waals surface area contributed by atoms with Gasteiger partial charge in [0, 0.05) is 49.0 Å². The minimum atomic E-state index is -0.437. The molecule has 0 aromatic carbocycles. The fourth-order valence-electron chi connectivity index (χ4n) is 2.16. The maximum atomic E-state index is 11.8.